The van der Waals surface area contributed by atoms with Crippen molar-refractivity contribution in [3.05, 3.63) is 41.7 Å². The summed E-state index contributed by atoms with van der Waals surface area (Å²) < 4.78 is 43.5. The summed E-state index contributed by atoms with van der Waals surface area (Å²) in [5, 5.41) is 9.15. The molecule has 0 radical (unpaired) electrons. The highest BCUT2D eigenvalue weighted by Crippen LogP contribution is 2.30. The second kappa shape index (κ2) is 10.8. The zero-order chi connectivity index (χ0) is 23.1. The number of benzene rings is 1. The molecule has 0 saturated carbocycles. The van der Waals surface area contributed by atoms with Gasteiger partial charge in [0.1, 0.15) is 22.8 Å². The van der Waals surface area contributed by atoms with Crippen LogP contribution in [0.4, 0.5) is 0 Å². The molecule has 9 nitrogen and oxygen atoms in total. The molecule has 0 fully saturated rings. The first-order valence-electron chi connectivity index (χ1n) is 10.1. The average Bonchev–Trinajstić information content (AvgIpc) is 3.13. The summed E-state index contributed by atoms with van der Waals surface area (Å²) in [6, 6.07) is 6.91. The van der Waals surface area contributed by atoms with Gasteiger partial charge in [0.25, 0.3) is 10.1 Å². The van der Waals surface area contributed by atoms with Crippen molar-refractivity contribution in [3.63, 3.8) is 0 Å². The molecular formula is C21H24ClN2O7S+. The number of rotatable bonds is 12. The van der Waals surface area contributed by atoms with Gasteiger partial charge in [0.05, 0.1) is 17.9 Å². The van der Waals surface area contributed by atoms with Gasteiger partial charge in [-0.3, -0.25) is 9.35 Å². The fourth-order valence-electron chi connectivity index (χ4n) is 3.11. The number of ether oxygens (including phenoxy) is 1. The zero-order valence-corrected chi connectivity index (χ0v) is 18.8. The Morgan fingerprint density at radius 2 is 2.00 bits per heavy atom. The standard InChI is InChI=1S/C21H23ClN2O7S/c22-17-14-24(9-3-1-2-5-20(25)26)10-8-16(17)21-23-18-7-6-15(13-19(18)31-21)30-11-4-12-32(27,28)29/h6-8,10,13-14H,1-5,9,11-12H2,(H-,25,26,27,28,29)/p+1. The molecule has 0 amide bonds. The highest BCUT2D eigenvalue weighted by molar-refractivity contribution is 7.85. The number of carbonyl (C=O) groups is 1. The lowest BCUT2D eigenvalue weighted by Crippen LogP contribution is -2.32. The number of carboxylic acids is 1. The Balaban J connectivity index is 1.62. The van der Waals surface area contributed by atoms with Crippen LogP contribution in [0.15, 0.2) is 41.1 Å². The van der Waals surface area contributed by atoms with Crippen LogP contribution in [-0.2, 0) is 21.5 Å². The van der Waals surface area contributed by atoms with Gasteiger partial charge < -0.3 is 14.3 Å². The van der Waals surface area contributed by atoms with Crippen LogP contribution >= 0.6 is 11.6 Å². The minimum atomic E-state index is -4.00. The van der Waals surface area contributed by atoms with E-state index in [0.29, 0.717) is 39.7 Å². The Morgan fingerprint density at radius 1 is 1.19 bits per heavy atom. The molecule has 0 unspecified atom stereocenters. The molecule has 3 rings (SSSR count). The van der Waals surface area contributed by atoms with Crippen LogP contribution in [-0.4, -0.2) is 41.4 Å². The number of pyridine rings is 1. The second-order valence-corrected chi connectivity index (χ2v) is 9.26. The van der Waals surface area contributed by atoms with Gasteiger partial charge in [0, 0.05) is 25.0 Å². The number of carboxylic acid groups (broad SMARTS) is 1. The van der Waals surface area contributed by atoms with Gasteiger partial charge >= 0.3 is 5.97 Å². The summed E-state index contributed by atoms with van der Waals surface area (Å²) in [5.41, 5.74) is 1.76. The Hall–Kier alpha value is -2.69. The van der Waals surface area contributed by atoms with Crippen LogP contribution in [0.5, 0.6) is 5.75 Å². The van der Waals surface area contributed by atoms with Gasteiger partial charge in [0.2, 0.25) is 5.89 Å². The van der Waals surface area contributed by atoms with E-state index >= 15 is 0 Å². The smallest absolute Gasteiger partial charge is 0.303 e. The molecule has 0 aliphatic heterocycles. The number of aryl methyl sites for hydroxylation is 1. The number of nitrogens with zero attached hydrogens (tertiary/aromatic N) is 2. The number of halogens is 1. The molecule has 2 N–H and O–H groups in total. The summed E-state index contributed by atoms with van der Waals surface area (Å²) in [6.45, 7) is 0.860. The van der Waals surface area contributed by atoms with Crippen LogP contribution in [0.3, 0.4) is 0 Å². The van der Waals surface area contributed by atoms with Crippen LogP contribution in [0, 0.1) is 0 Å². The first-order chi connectivity index (χ1) is 15.2. The maximum Gasteiger partial charge on any atom is 0.303 e. The van der Waals surface area contributed by atoms with E-state index < -0.39 is 16.1 Å². The lowest BCUT2D eigenvalue weighted by Gasteiger charge is -2.04. The molecule has 172 valence electrons. The first-order valence-corrected chi connectivity index (χ1v) is 12.1. The summed E-state index contributed by atoms with van der Waals surface area (Å²) in [4.78, 5) is 15.0. The van der Waals surface area contributed by atoms with E-state index in [1.54, 1.807) is 24.4 Å². The maximum atomic E-state index is 10.7. The lowest BCUT2D eigenvalue weighted by atomic mass is 10.2. The molecule has 11 heteroatoms. The van der Waals surface area contributed by atoms with Crippen LogP contribution in [0.1, 0.15) is 32.1 Å². The summed E-state index contributed by atoms with van der Waals surface area (Å²) in [5.74, 6) is -0.284. The van der Waals surface area contributed by atoms with E-state index in [-0.39, 0.29) is 25.2 Å². The average molecular weight is 484 g/mol. The van der Waals surface area contributed by atoms with Gasteiger partial charge in [-0.25, -0.2) is 9.55 Å². The molecule has 0 aliphatic carbocycles. The molecule has 1 aromatic carbocycles. The van der Waals surface area contributed by atoms with Gasteiger partial charge in [-0.1, -0.05) is 11.6 Å². The van der Waals surface area contributed by atoms with Crippen LogP contribution in [0.2, 0.25) is 5.02 Å². The summed E-state index contributed by atoms with van der Waals surface area (Å²) in [6.07, 6.45) is 6.32. The Morgan fingerprint density at radius 3 is 2.72 bits per heavy atom. The minimum Gasteiger partial charge on any atom is -0.493 e. The number of unbranched alkanes of at least 4 members (excludes halogenated alkanes) is 2. The van der Waals surface area contributed by atoms with E-state index in [4.69, 9.17) is 30.4 Å². The Kier molecular flexibility index (Phi) is 8.05. The highest BCUT2D eigenvalue weighted by Gasteiger charge is 2.16. The van der Waals surface area contributed by atoms with Crippen molar-refractivity contribution in [1.82, 2.24) is 4.98 Å². The normalized spacial score (nSPS) is 11.7. The van der Waals surface area contributed by atoms with E-state index in [2.05, 4.69) is 4.98 Å². The van der Waals surface area contributed by atoms with Crippen molar-refractivity contribution < 1.29 is 36.6 Å². The predicted molar refractivity (Wildman–Crippen MR) is 117 cm³/mol. The second-order valence-electron chi connectivity index (χ2n) is 7.29. The van der Waals surface area contributed by atoms with Gasteiger partial charge in [-0.05, 0) is 31.4 Å². The number of hydrogen-bond donors (Lipinski definition) is 2. The van der Waals surface area contributed by atoms with E-state index in [1.165, 1.54) is 0 Å². The maximum absolute atomic E-state index is 10.7. The predicted octanol–water partition coefficient (Wildman–Crippen LogP) is 3.74. The van der Waals surface area contributed by atoms with Gasteiger partial charge in [-0.2, -0.15) is 8.42 Å². The number of hydrogen-bond acceptors (Lipinski definition) is 6. The fourth-order valence-corrected chi connectivity index (χ4v) is 3.86. The van der Waals surface area contributed by atoms with Crippen molar-refractivity contribution in [1.29, 1.82) is 0 Å². The van der Waals surface area contributed by atoms with Gasteiger partial charge in [0.15, 0.2) is 18.0 Å². The van der Waals surface area contributed by atoms with Crippen molar-refractivity contribution in [3.8, 4) is 17.2 Å². The topological polar surface area (TPSA) is 131 Å². The molecule has 2 heterocycles. The third-order valence-corrected chi connectivity index (χ3v) is 5.79. The zero-order valence-electron chi connectivity index (χ0n) is 17.2. The first kappa shape index (κ1) is 24.0. The number of aromatic nitrogens is 2. The molecule has 0 atom stereocenters. The molecule has 0 bridgehead atoms. The van der Waals surface area contributed by atoms with E-state index in [1.807, 2.05) is 16.8 Å². The van der Waals surface area contributed by atoms with Crippen LogP contribution < -0.4 is 9.30 Å². The number of fused-ring (bicyclic) bond motifs is 1. The lowest BCUT2D eigenvalue weighted by molar-refractivity contribution is -0.697. The molecule has 3 aromatic rings. The van der Waals surface area contributed by atoms with Crippen molar-refractivity contribution >= 4 is 38.8 Å². The fraction of sp³-hybridized carbons (Fsp3) is 0.381. The Bertz CT molecular complexity index is 1190. The van der Waals surface area contributed by atoms with Crippen molar-refractivity contribution in [2.24, 2.45) is 0 Å². The van der Waals surface area contributed by atoms with Crippen molar-refractivity contribution in [2.45, 2.75) is 38.6 Å². The molecule has 0 saturated heterocycles. The monoisotopic (exact) mass is 483 g/mol. The Labute approximate surface area is 190 Å². The number of oxazole rings is 1. The van der Waals surface area contributed by atoms with E-state index in [0.717, 1.165) is 19.4 Å². The minimum absolute atomic E-state index is 0.132. The SMILES string of the molecule is O=C(O)CCCCC[n+]1ccc(-c2nc3ccc(OCCCS(=O)(=O)O)cc3o2)c(Cl)c1. The largest absolute Gasteiger partial charge is 0.493 e. The summed E-state index contributed by atoms with van der Waals surface area (Å²) >= 11 is 6.43. The third-order valence-electron chi connectivity index (χ3n) is 4.68. The highest BCUT2D eigenvalue weighted by atomic mass is 35.5. The molecule has 32 heavy (non-hydrogen) atoms. The number of aliphatic carboxylic acids is 1. The summed E-state index contributed by atoms with van der Waals surface area (Å²) in [7, 11) is -4.00. The third kappa shape index (κ3) is 7.18. The van der Waals surface area contributed by atoms with E-state index in [9.17, 15) is 13.2 Å². The molecular weight excluding hydrogens is 460 g/mol. The quantitative estimate of drug-likeness (QED) is 0.226. The van der Waals surface area contributed by atoms with Gasteiger partial charge in [-0.15, -0.1) is 0 Å². The molecule has 0 spiro atoms. The molecule has 2 aromatic heterocycles. The molecule has 0 aliphatic rings. The van der Waals surface area contributed by atoms with Crippen molar-refractivity contribution in [2.75, 3.05) is 12.4 Å². The van der Waals surface area contributed by atoms with Crippen LogP contribution in [0.25, 0.3) is 22.6 Å².